The number of benzene rings is 1. The number of hydrogen-bond acceptors (Lipinski definition) is 4. The first-order valence-electron chi connectivity index (χ1n) is 10.3. The Labute approximate surface area is 177 Å². The molecule has 1 fully saturated rings. The summed E-state index contributed by atoms with van der Waals surface area (Å²) < 4.78 is 0. The zero-order valence-corrected chi connectivity index (χ0v) is 18.1. The van der Waals surface area contributed by atoms with E-state index < -0.39 is 0 Å². The lowest BCUT2D eigenvalue weighted by Crippen LogP contribution is -2.44. The van der Waals surface area contributed by atoms with Crippen LogP contribution in [0.15, 0.2) is 46.8 Å². The van der Waals surface area contributed by atoms with Crippen LogP contribution in [0.4, 0.5) is 5.69 Å². The highest BCUT2D eigenvalue weighted by Gasteiger charge is 2.23. The number of hydrogen-bond donors (Lipinski definition) is 3. The standard InChI is InChI=1S/C22H31N5OS/c1-3-23-22(25-13-5-12-24-21(28)20-6-4-15-29-20)26-18-11-14-27(16-18)19-9-7-17(2)8-10-19/h4,6-10,15,18H,3,5,11-14,16H2,1-2H3,(H,24,28)(H2,23,25,26). The summed E-state index contributed by atoms with van der Waals surface area (Å²) in [6.45, 7) is 8.35. The Bertz CT molecular complexity index is 788. The van der Waals surface area contributed by atoms with E-state index in [1.54, 1.807) is 0 Å². The van der Waals surface area contributed by atoms with Crippen LogP contribution < -0.4 is 20.9 Å². The predicted molar refractivity (Wildman–Crippen MR) is 122 cm³/mol. The molecular weight excluding hydrogens is 382 g/mol. The van der Waals surface area contributed by atoms with Gasteiger partial charge in [-0.05, 0) is 50.3 Å². The van der Waals surface area contributed by atoms with Crippen LogP contribution in [0.1, 0.15) is 35.0 Å². The van der Waals surface area contributed by atoms with E-state index in [-0.39, 0.29) is 5.91 Å². The van der Waals surface area contributed by atoms with Crippen molar-refractivity contribution in [1.29, 1.82) is 0 Å². The maximum atomic E-state index is 11.9. The van der Waals surface area contributed by atoms with Crippen LogP contribution >= 0.6 is 11.3 Å². The van der Waals surface area contributed by atoms with Gasteiger partial charge in [-0.1, -0.05) is 23.8 Å². The number of thiophene rings is 1. The number of carbonyl (C=O) groups is 1. The van der Waals surface area contributed by atoms with Crippen LogP contribution in [0.2, 0.25) is 0 Å². The van der Waals surface area contributed by atoms with Crippen LogP contribution in [0.3, 0.4) is 0 Å². The molecule has 1 saturated heterocycles. The maximum absolute atomic E-state index is 11.9. The van der Waals surface area contributed by atoms with Gasteiger partial charge < -0.3 is 20.9 Å². The van der Waals surface area contributed by atoms with Crippen molar-refractivity contribution >= 4 is 28.9 Å². The Morgan fingerprint density at radius 1 is 1.24 bits per heavy atom. The lowest BCUT2D eigenvalue weighted by atomic mass is 10.2. The highest BCUT2D eigenvalue weighted by molar-refractivity contribution is 7.12. The van der Waals surface area contributed by atoms with Gasteiger partial charge in [0.1, 0.15) is 0 Å². The quantitative estimate of drug-likeness (QED) is 0.354. The predicted octanol–water partition coefficient (Wildman–Crippen LogP) is 3.01. The van der Waals surface area contributed by atoms with E-state index in [9.17, 15) is 4.79 Å². The summed E-state index contributed by atoms with van der Waals surface area (Å²) in [6, 6.07) is 12.8. The van der Waals surface area contributed by atoms with Crippen molar-refractivity contribution in [3.8, 4) is 0 Å². The molecule has 1 atom stereocenters. The number of nitrogens with zero attached hydrogens (tertiary/aromatic N) is 2. The second-order valence-corrected chi connectivity index (χ2v) is 8.21. The Hall–Kier alpha value is -2.54. The van der Waals surface area contributed by atoms with Crippen LogP contribution in [-0.2, 0) is 0 Å². The van der Waals surface area contributed by atoms with Gasteiger partial charge in [0.2, 0.25) is 0 Å². The lowest BCUT2D eigenvalue weighted by Gasteiger charge is -2.20. The molecule has 3 rings (SSSR count). The normalized spacial score (nSPS) is 16.7. The Morgan fingerprint density at radius 2 is 2.07 bits per heavy atom. The second kappa shape index (κ2) is 10.9. The largest absolute Gasteiger partial charge is 0.369 e. The summed E-state index contributed by atoms with van der Waals surface area (Å²) in [4.78, 5) is 19.8. The number of nitrogens with one attached hydrogen (secondary N) is 3. The molecule has 156 valence electrons. The maximum Gasteiger partial charge on any atom is 0.261 e. The van der Waals surface area contributed by atoms with Crippen LogP contribution in [0.25, 0.3) is 0 Å². The van der Waals surface area contributed by atoms with Crippen molar-refractivity contribution in [3.05, 3.63) is 52.2 Å². The molecule has 29 heavy (non-hydrogen) atoms. The SMILES string of the molecule is CCNC(=NCCCNC(=O)c1cccs1)NC1CCN(c2ccc(C)cc2)C1. The Balaban J connectivity index is 1.42. The number of rotatable bonds is 8. The van der Waals surface area contributed by atoms with E-state index >= 15 is 0 Å². The van der Waals surface area contributed by atoms with Gasteiger partial charge in [0.25, 0.3) is 5.91 Å². The third-order valence-corrected chi connectivity index (χ3v) is 5.78. The molecule has 0 bridgehead atoms. The number of aryl methyl sites for hydroxylation is 1. The fraction of sp³-hybridized carbons (Fsp3) is 0.455. The summed E-state index contributed by atoms with van der Waals surface area (Å²) >= 11 is 1.46. The Kier molecular flexibility index (Phi) is 7.93. The average molecular weight is 414 g/mol. The molecule has 7 heteroatoms. The number of guanidine groups is 1. The van der Waals surface area contributed by atoms with Gasteiger partial charge in [0.05, 0.1) is 4.88 Å². The van der Waals surface area contributed by atoms with Gasteiger partial charge >= 0.3 is 0 Å². The lowest BCUT2D eigenvalue weighted by molar-refractivity contribution is 0.0957. The molecule has 0 aliphatic carbocycles. The van der Waals surface area contributed by atoms with Crippen molar-refractivity contribution < 1.29 is 4.79 Å². The van der Waals surface area contributed by atoms with Crippen molar-refractivity contribution in [2.75, 3.05) is 37.6 Å². The van der Waals surface area contributed by atoms with E-state index in [0.717, 1.165) is 43.3 Å². The van der Waals surface area contributed by atoms with Crippen LogP contribution in [0, 0.1) is 6.92 Å². The monoisotopic (exact) mass is 413 g/mol. The van der Waals surface area contributed by atoms with Gasteiger partial charge in [-0.15, -0.1) is 11.3 Å². The topological polar surface area (TPSA) is 68.8 Å². The van der Waals surface area contributed by atoms with Gasteiger partial charge in [0, 0.05) is 44.5 Å². The fourth-order valence-electron chi connectivity index (χ4n) is 3.35. The zero-order valence-electron chi connectivity index (χ0n) is 17.3. The molecule has 2 heterocycles. The van der Waals surface area contributed by atoms with E-state index in [1.165, 1.54) is 22.6 Å². The first-order chi connectivity index (χ1) is 14.2. The molecule has 3 N–H and O–H groups in total. The van der Waals surface area contributed by atoms with Crippen LogP contribution in [0.5, 0.6) is 0 Å². The van der Waals surface area contributed by atoms with Gasteiger partial charge in [-0.2, -0.15) is 0 Å². The van der Waals surface area contributed by atoms with Gasteiger partial charge in [-0.25, -0.2) is 0 Å². The molecule has 2 aromatic rings. The van der Waals surface area contributed by atoms with Crippen LogP contribution in [-0.4, -0.2) is 50.6 Å². The summed E-state index contributed by atoms with van der Waals surface area (Å²) in [7, 11) is 0. The van der Waals surface area contributed by atoms with Crippen molar-refractivity contribution in [2.24, 2.45) is 4.99 Å². The van der Waals surface area contributed by atoms with Crippen molar-refractivity contribution in [3.63, 3.8) is 0 Å². The average Bonchev–Trinajstić information content (AvgIpc) is 3.40. The smallest absolute Gasteiger partial charge is 0.261 e. The molecule has 1 aliphatic heterocycles. The third kappa shape index (κ3) is 6.49. The summed E-state index contributed by atoms with van der Waals surface area (Å²) in [5, 5.41) is 11.7. The molecule has 1 aromatic carbocycles. The molecule has 1 amide bonds. The summed E-state index contributed by atoms with van der Waals surface area (Å²) in [5.41, 5.74) is 2.57. The minimum Gasteiger partial charge on any atom is -0.369 e. The van der Waals surface area contributed by atoms with E-state index in [4.69, 9.17) is 0 Å². The van der Waals surface area contributed by atoms with Crippen molar-refractivity contribution in [2.45, 2.75) is 32.7 Å². The first kappa shape index (κ1) is 21.2. The molecule has 0 saturated carbocycles. The Morgan fingerprint density at radius 3 is 2.79 bits per heavy atom. The molecular formula is C22H31N5OS. The molecule has 0 spiro atoms. The van der Waals surface area contributed by atoms with E-state index in [2.05, 4.69) is 64.0 Å². The zero-order chi connectivity index (χ0) is 20.5. The van der Waals surface area contributed by atoms with Gasteiger partial charge in [-0.3, -0.25) is 9.79 Å². The molecule has 1 unspecified atom stereocenters. The minimum absolute atomic E-state index is 0.00355. The minimum atomic E-state index is -0.00355. The number of carbonyl (C=O) groups excluding carboxylic acids is 1. The van der Waals surface area contributed by atoms with E-state index in [1.807, 2.05) is 17.5 Å². The second-order valence-electron chi connectivity index (χ2n) is 7.26. The summed E-state index contributed by atoms with van der Waals surface area (Å²) in [5.74, 6) is 0.851. The van der Waals surface area contributed by atoms with Crippen molar-refractivity contribution in [1.82, 2.24) is 16.0 Å². The highest BCUT2D eigenvalue weighted by Crippen LogP contribution is 2.20. The molecule has 6 nitrogen and oxygen atoms in total. The first-order valence-corrected chi connectivity index (χ1v) is 11.2. The number of anilines is 1. The summed E-state index contributed by atoms with van der Waals surface area (Å²) in [6.07, 6.45) is 1.91. The highest BCUT2D eigenvalue weighted by atomic mass is 32.1. The van der Waals surface area contributed by atoms with E-state index in [0.29, 0.717) is 19.1 Å². The fourth-order valence-corrected chi connectivity index (χ4v) is 3.99. The van der Waals surface area contributed by atoms with Gasteiger partial charge in [0.15, 0.2) is 5.96 Å². The number of amides is 1. The molecule has 0 radical (unpaired) electrons. The number of aliphatic imine (C=N–C) groups is 1. The molecule has 1 aromatic heterocycles. The molecule has 1 aliphatic rings. The third-order valence-electron chi connectivity index (χ3n) is 4.91.